The SMILES string of the molecule is C#Cc1c(F)ccc2cc(O)cc(-c3ncc4c(N5CC6CCC(C=C)(C5)N6)nc(OC[C@H](C)CN5CCN(CC6CCC7(CC6)CCN(C(=O)c6ccc(OC)c(N8CCC(=O)NC8=O)c6)CC7)CC5)nc4c3F)c12. The van der Waals surface area contributed by atoms with Crippen LogP contribution in [0.5, 0.6) is 17.5 Å². The molecule has 398 valence electrons. The van der Waals surface area contributed by atoms with Gasteiger partial charge in [-0.05, 0) is 104 Å². The van der Waals surface area contributed by atoms with E-state index >= 15 is 8.78 Å². The third kappa shape index (κ3) is 10.0. The highest BCUT2D eigenvalue weighted by Crippen LogP contribution is 2.47. The van der Waals surface area contributed by atoms with E-state index in [-0.39, 0.29) is 87.2 Å². The quantitative estimate of drug-likeness (QED) is 0.0784. The molecule has 76 heavy (non-hydrogen) atoms. The van der Waals surface area contributed by atoms with Gasteiger partial charge in [0.2, 0.25) is 5.91 Å². The number of urea groups is 1. The first kappa shape index (κ1) is 51.2. The topological polar surface area (TPSA) is 169 Å². The molecule has 5 aromatic rings. The zero-order valence-corrected chi connectivity index (χ0v) is 43.4. The molecule has 11 rings (SSSR count). The van der Waals surface area contributed by atoms with Crippen molar-refractivity contribution >= 4 is 51.0 Å². The minimum Gasteiger partial charge on any atom is -0.508 e. The van der Waals surface area contributed by atoms with E-state index in [0.717, 1.165) is 65.0 Å². The van der Waals surface area contributed by atoms with E-state index in [4.69, 9.17) is 20.9 Å². The van der Waals surface area contributed by atoms with Crippen molar-refractivity contribution in [3.63, 3.8) is 0 Å². The summed E-state index contributed by atoms with van der Waals surface area (Å²) < 4.78 is 44.2. The maximum atomic E-state index is 17.2. The lowest BCUT2D eigenvalue weighted by Crippen LogP contribution is -2.58. The Morgan fingerprint density at radius 1 is 0.987 bits per heavy atom. The van der Waals surface area contributed by atoms with Gasteiger partial charge in [-0.15, -0.1) is 13.0 Å². The number of piperazine rings is 2. The summed E-state index contributed by atoms with van der Waals surface area (Å²) in [5, 5.41) is 17.9. The minimum atomic E-state index is -0.760. The van der Waals surface area contributed by atoms with Crippen LogP contribution in [0.25, 0.3) is 32.9 Å². The molecule has 1 spiro atoms. The Hall–Kier alpha value is -6.94. The maximum absolute atomic E-state index is 17.2. The van der Waals surface area contributed by atoms with Gasteiger partial charge in [-0.2, -0.15) is 9.97 Å². The van der Waals surface area contributed by atoms with Crippen molar-refractivity contribution < 1.29 is 37.7 Å². The lowest BCUT2D eigenvalue weighted by atomic mass is 9.65. The summed E-state index contributed by atoms with van der Waals surface area (Å²) >= 11 is 0. The summed E-state index contributed by atoms with van der Waals surface area (Å²) in [6, 6.07) is 10.4. The molecule has 1 aliphatic carbocycles. The highest BCUT2D eigenvalue weighted by molar-refractivity contribution is 6.07. The van der Waals surface area contributed by atoms with Crippen molar-refractivity contribution in [3.05, 3.63) is 84.1 Å². The average Bonchev–Trinajstić information content (AvgIpc) is 3.74. The van der Waals surface area contributed by atoms with E-state index in [1.54, 1.807) is 24.4 Å². The summed E-state index contributed by atoms with van der Waals surface area (Å²) in [7, 11) is 1.52. The number of anilines is 2. The second-order valence-corrected chi connectivity index (χ2v) is 22.2. The monoisotopic (exact) mass is 1040 g/mol. The molecule has 7 heterocycles. The Labute approximate surface area is 441 Å². The fraction of sp³-hybridized carbons (Fsp3) is 0.483. The first-order valence-corrected chi connectivity index (χ1v) is 26.8. The number of piperidine rings is 1. The van der Waals surface area contributed by atoms with Gasteiger partial charge in [0, 0.05) is 113 Å². The fourth-order valence-electron chi connectivity index (χ4n) is 13.0. The second kappa shape index (κ2) is 20.9. The van der Waals surface area contributed by atoms with Crippen LogP contribution in [0.2, 0.25) is 0 Å². The number of ether oxygens (including phenoxy) is 2. The van der Waals surface area contributed by atoms with Crippen molar-refractivity contribution in [1.29, 1.82) is 0 Å². The summed E-state index contributed by atoms with van der Waals surface area (Å²) in [6.45, 7) is 15.2. The number of hydrogen-bond donors (Lipinski definition) is 3. The molecule has 6 fully saturated rings. The number of carbonyl (C=O) groups is 3. The summed E-state index contributed by atoms with van der Waals surface area (Å²) in [5.41, 5.74) is 0.893. The van der Waals surface area contributed by atoms with Crippen LogP contribution in [0.4, 0.5) is 25.1 Å². The standard InChI is InChI=1S/C58H66F2N10O6/c1-5-42-45(59)9-7-38-27-41(71)29-43(49(38)42)51-50(60)52-44(30-61-51)53(69-33-40-13-17-58(6-2,35-69)65-40)64-55(63-52)76-34-36(3)31-66-23-25-67(26-24-66)32-37-11-15-57(16-12-37)18-21-68(22-19-57)54(73)39-8-10-47(75-4)46(28-39)70-20-14-48(72)62-56(70)74/h1,6-10,27-30,36-37,40,65,71H,2,11-26,31-35H2,3-4H3,(H,62,72,74)/t36-,40?,58?/m1/s1. The molecule has 5 saturated heterocycles. The number of benzene rings is 3. The number of likely N-dealkylation sites (tertiary alicyclic amines) is 1. The first-order valence-electron chi connectivity index (χ1n) is 26.8. The Morgan fingerprint density at radius 2 is 1.76 bits per heavy atom. The van der Waals surface area contributed by atoms with Gasteiger partial charge in [-0.1, -0.05) is 25.0 Å². The number of phenols is 1. The highest BCUT2D eigenvalue weighted by atomic mass is 19.1. The normalized spacial score (nSPS) is 22.7. The van der Waals surface area contributed by atoms with E-state index in [9.17, 15) is 19.5 Å². The summed E-state index contributed by atoms with van der Waals surface area (Å²) in [6.07, 6.45) is 18.0. The first-order chi connectivity index (χ1) is 36.7. The van der Waals surface area contributed by atoms with Crippen LogP contribution in [-0.2, 0) is 4.79 Å². The Bertz CT molecular complexity index is 3140. The van der Waals surface area contributed by atoms with Crippen LogP contribution >= 0.6 is 0 Å². The largest absolute Gasteiger partial charge is 0.508 e. The molecule has 16 nitrogen and oxygen atoms in total. The van der Waals surface area contributed by atoms with Gasteiger partial charge in [-0.3, -0.25) is 24.8 Å². The number of halogens is 2. The van der Waals surface area contributed by atoms with Crippen LogP contribution in [-0.4, -0.2) is 150 Å². The van der Waals surface area contributed by atoms with Gasteiger partial charge < -0.3 is 39.5 Å². The third-order valence-corrected chi connectivity index (χ3v) is 17.2. The molecule has 3 aromatic carbocycles. The maximum Gasteiger partial charge on any atom is 0.328 e. The van der Waals surface area contributed by atoms with Gasteiger partial charge in [0.1, 0.15) is 34.3 Å². The molecule has 2 unspecified atom stereocenters. The number of methoxy groups -OCH3 is 1. The molecule has 3 atom stereocenters. The van der Waals surface area contributed by atoms with E-state index in [2.05, 4.69) is 54.7 Å². The molecule has 5 aliphatic heterocycles. The van der Waals surface area contributed by atoms with Crippen molar-refractivity contribution in [2.45, 2.75) is 76.3 Å². The number of amides is 4. The number of fused-ring (bicyclic) bond motifs is 4. The van der Waals surface area contributed by atoms with Crippen LogP contribution < -0.4 is 29.9 Å². The molecular formula is C58H66F2N10O6. The Balaban J connectivity index is 0.694. The second-order valence-electron chi connectivity index (χ2n) is 22.2. The summed E-state index contributed by atoms with van der Waals surface area (Å²) in [5.74, 6) is 2.23. The predicted octanol–water partition coefficient (Wildman–Crippen LogP) is 7.51. The number of nitrogens with one attached hydrogen (secondary N) is 2. The zero-order chi connectivity index (χ0) is 52.9. The van der Waals surface area contributed by atoms with E-state index in [1.807, 2.05) is 11.0 Å². The number of imide groups is 1. The number of carbonyl (C=O) groups excluding carboxylic acids is 3. The Kier molecular flexibility index (Phi) is 14.1. The van der Waals surface area contributed by atoms with Crippen LogP contribution in [0, 0.1) is 41.2 Å². The number of hydrogen-bond acceptors (Lipinski definition) is 13. The van der Waals surface area contributed by atoms with Crippen LogP contribution in [0.1, 0.15) is 80.6 Å². The van der Waals surface area contributed by atoms with Crippen LogP contribution in [0.3, 0.4) is 0 Å². The number of pyridine rings is 1. The third-order valence-electron chi connectivity index (χ3n) is 17.2. The van der Waals surface area contributed by atoms with E-state index < -0.39 is 17.7 Å². The number of nitrogens with zero attached hydrogens (tertiary/aromatic N) is 8. The molecule has 3 N–H and O–H groups in total. The summed E-state index contributed by atoms with van der Waals surface area (Å²) in [4.78, 5) is 63.1. The molecule has 4 amide bonds. The average molecular weight is 1040 g/mol. The van der Waals surface area contributed by atoms with Crippen molar-refractivity contribution in [2.75, 3.05) is 95.5 Å². The molecular weight excluding hydrogens is 971 g/mol. The lowest BCUT2D eigenvalue weighted by molar-refractivity contribution is -0.120. The lowest BCUT2D eigenvalue weighted by Gasteiger charge is -2.47. The number of aromatic nitrogens is 3. The number of aromatic hydroxyl groups is 1. The van der Waals surface area contributed by atoms with Crippen molar-refractivity contribution in [2.24, 2.45) is 17.3 Å². The van der Waals surface area contributed by atoms with Gasteiger partial charge in [-0.25, -0.2) is 13.6 Å². The van der Waals surface area contributed by atoms with Gasteiger partial charge in [0.05, 0.1) is 35.9 Å². The number of terminal acetylenes is 1. The molecule has 1 saturated carbocycles. The van der Waals surface area contributed by atoms with E-state index in [0.29, 0.717) is 72.3 Å². The molecule has 0 radical (unpaired) electrons. The van der Waals surface area contributed by atoms with Gasteiger partial charge >= 0.3 is 12.0 Å². The Morgan fingerprint density at radius 3 is 2.50 bits per heavy atom. The fourth-order valence-corrected chi connectivity index (χ4v) is 13.0. The predicted molar refractivity (Wildman–Crippen MR) is 287 cm³/mol. The van der Waals surface area contributed by atoms with Gasteiger partial charge in [0.25, 0.3) is 5.91 Å². The van der Waals surface area contributed by atoms with Crippen molar-refractivity contribution in [3.8, 4) is 41.1 Å². The molecule has 2 aromatic heterocycles. The molecule has 2 bridgehead atoms. The van der Waals surface area contributed by atoms with Crippen LogP contribution in [0.15, 0.2) is 61.3 Å². The highest BCUT2D eigenvalue weighted by Gasteiger charge is 2.44. The van der Waals surface area contributed by atoms with Crippen molar-refractivity contribution in [1.82, 2.24) is 40.3 Å². The number of rotatable bonds is 13. The van der Waals surface area contributed by atoms with Gasteiger partial charge in [0.15, 0.2) is 5.82 Å². The minimum absolute atomic E-state index is 0.00152. The number of phenolic OH excluding ortho intramolecular Hbond substituents is 1. The molecule has 6 aliphatic rings. The smallest absolute Gasteiger partial charge is 0.328 e. The zero-order valence-electron chi connectivity index (χ0n) is 43.4. The molecule has 18 heteroatoms. The van der Waals surface area contributed by atoms with E-state index in [1.165, 1.54) is 62.0 Å².